The minimum absolute atomic E-state index is 0.606. The first-order valence-corrected chi connectivity index (χ1v) is 8.00. The highest BCUT2D eigenvalue weighted by Crippen LogP contribution is 2.17. The summed E-state index contributed by atoms with van der Waals surface area (Å²) in [6.07, 6.45) is 5.02. The van der Waals surface area contributed by atoms with Gasteiger partial charge in [-0.15, -0.1) is 0 Å². The Morgan fingerprint density at radius 3 is 1.77 bits per heavy atom. The maximum Gasteiger partial charge on any atom is 0.134 e. The van der Waals surface area contributed by atoms with E-state index in [1.54, 1.807) is 12.1 Å². The fraction of sp³-hybridized carbons (Fsp3) is 0.150. The number of nitrogens with zero attached hydrogens (tertiary/aromatic N) is 1. The van der Waals surface area contributed by atoms with Gasteiger partial charge < -0.3 is 9.59 Å². The SMILES string of the molecule is Cc1ccc(-c2cn[nH]c2)cc1.Cc1ccc(C(C=O)C=O)cc1.NN. The molecule has 0 aliphatic carbocycles. The number of hydrazine groups is 1. The van der Waals surface area contributed by atoms with Crippen LogP contribution in [0.15, 0.2) is 60.9 Å². The van der Waals surface area contributed by atoms with Crippen molar-refractivity contribution >= 4 is 12.6 Å². The molecule has 1 heterocycles. The van der Waals surface area contributed by atoms with Crippen LogP contribution in [-0.4, -0.2) is 22.8 Å². The summed E-state index contributed by atoms with van der Waals surface area (Å²) in [4.78, 5) is 20.8. The van der Waals surface area contributed by atoms with Crippen LogP contribution in [0.5, 0.6) is 0 Å². The van der Waals surface area contributed by atoms with Crippen LogP contribution >= 0.6 is 0 Å². The summed E-state index contributed by atoms with van der Waals surface area (Å²) in [6, 6.07) is 15.8. The van der Waals surface area contributed by atoms with E-state index in [1.165, 1.54) is 11.1 Å². The zero-order valence-electron chi connectivity index (χ0n) is 14.9. The van der Waals surface area contributed by atoms with Gasteiger partial charge in [-0.2, -0.15) is 5.10 Å². The lowest BCUT2D eigenvalue weighted by molar-refractivity contribution is -0.116. The molecule has 0 saturated carbocycles. The third-order valence-corrected chi connectivity index (χ3v) is 3.64. The zero-order valence-corrected chi connectivity index (χ0v) is 14.9. The molecule has 2 aromatic carbocycles. The predicted molar refractivity (Wildman–Crippen MR) is 103 cm³/mol. The monoisotopic (exact) mass is 352 g/mol. The summed E-state index contributed by atoms with van der Waals surface area (Å²) < 4.78 is 0. The number of benzene rings is 2. The van der Waals surface area contributed by atoms with Gasteiger partial charge in [-0.05, 0) is 25.0 Å². The first-order valence-electron chi connectivity index (χ1n) is 8.00. The van der Waals surface area contributed by atoms with Crippen molar-refractivity contribution in [1.29, 1.82) is 0 Å². The van der Waals surface area contributed by atoms with Gasteiger partial charge >= 0.3 is 0 Å². The van der Waals surface area contributed by atoms with Crippen LogP contribution in [0, 0.1) is 13.8 Å². The van der Waals surface area contributed by atoms with Crippen molar-refractivity contribution in [3.05, 3.63) is 77.6 Å². The molecule has 0 radical (unpaired) electrons. The summed E-state index contributed by atoms with van der Waals surface area (Å²) in [5.41, 5.74) is 5.49. The van der Waals surface area contributed by atoms with E-state index < -0.39 is 5.92 Å². The Labute approximate surface area is 153 Å². The average molecular weight is 352 g/mol. The van der Waals surface area contributed by atoms with Gasteiger partial charge in [-0.25, -0.2) is 0 Å². The van der Waals surface area contributed by atoms with Gasteiger partial charge in [0.25, 0.3) is 0 Å². The fourth-order valence-electron chi connectivity index (χ4n) is 2.13. The Hall–Kier alpha value is -3.09. The lowest BCUT2D eigenvalue weighted by Gasteiger charge is -2.01. The topological polar surface area (TPSA) is 115 Å². The number of carbonyl (C=O) groups excluding carboxylic acids is 2. The maximum absolute atomic E-state index is 10.4. The highest BCUT2D eigenvalue weighted by molar-refractivity contribution is 5.84. The number of rotatable bonds is 4. The Morgan fingerprint density at radius 2 is 1.35 bits per heavy atom. The minimum atomic E-state index is -0.606. The lowest BCUT2D eigenvalue weighted by atomic mass is 10.0. The van der Waals surface area contributed by atoms with E-state index in [0.717, 1.165) is 16.7 Å². The van der Waals surface area contributed by atoms with Gasteiger partial charge in [-0.1, -0.05) is 59.7 Å². The van der Waals surface area contributed by atoms with Crippen molar-refractivity contribution in [3.8, 4) is 11.1 Å². The molecule has 5 N–H and O–H groups in total. The second-order valence-electron chi connectivity index (χ2n) is 5.56. The smallest absolute Gasteiger partial charge is 0.134 e. The second kappa shape index (κ2) is 11.5. The van der Waals surface area contributed by atoms with E-state index in [2.05, 4.69) is 53.1 Å². The van der Waals surface area contributed by atoms with Crippen molar-refractivity contribution in [2.75, 3.05) is 0 Å². The van der Waals surface area contributed by atoms with E-state index >= 15 is 0 Å². The van der Waals surface area contributed by atoms with Crippen molar-refractivity contribution in [2.45, 2.75) is 19.8 Å². The minimum Gasteiger partial charge on any atom is -0.302 e. The van der Waals surface area contributed by atoms with Crippen LogP contribution in [0.4, 0.5) is 0 Å². The molecule has 0 spiro atoms. The molecule has 0 fully saturated rings. The molecule has 3 aromatic rings. The molecule has 26 heavy (non-hydrogen) atoms. The molecule has 0 atom stereocenters. The summed E-state index contributed by atoms with van der Waals surface area (Å²) in [7, 11) is 0. The Kier molecular flexibility index (Phi) is 9.24. The third kappa shape index (κ3) is 6.43. The molecule has 6 heteroatoms. The third-order valence-electron chi connectivity index (χ3n) is 3.64. The number of H-pyrrole nitrogens is 1. The molecule has 1 aromatic heterocycles. The van der Waals surface area contributed by atoms with Crippen molar-refractivity contribution < 1.29 is 9.59 Å². The molecule has 3 rings (SSSR count). The second-order valence-corrected chi connectivity index (χ2v) is 5.56. The highest BCUT2D eigenvalue weighted by Gasteiger charge is 2.06. The van der Waals surface area contributed by atoms with Gasteiger partial charge in [0.2, 0.25) is 0 Å². The average Bonchev–Trinajstić information content (AvgIpc) is 3.22. The number of aldehydes is 2. The molecule has 0 saturated heterocycles. The van der Waals surface area contributed by atoms with Crippen LogP contribution in [-0.2, 0) is 9.59 Å². The summed E-state index contributed by atoms with van der Waals surface area (Å²) in [5, 5.41) is 6.69. The van der Waals surface area contributed by atoms with E-state index in [1.807, 2.05) is 31.5 Å². The number of nitrogens with two attached hydrogens (primary N) is 2. The molecule has 0 aliphatic rings. The van der Waals surface area contributed by atoms with Gasteiger partial charge in [0, 0.05) is 11.8 Å². The maximum atomic E-state index is 10.4. The predicted octanol–water partition coefficient (Wildman–Crippen LogP) is 2.68. The Balaban J connectivity index is 0.000000238. The highest BCUT2D eigenvalue weighted by atomic mass is 16.1. The summed E-state index contributed by atoms with van der Waals surface area (Å²) in [5.74, 6) is 7.39. The van der Waals surface area contributed by atoms with Gasteiger partial charge in [0.1, 0.15) is 12.6 Å². The van der Waals surface area contributed by atoms with Gasteiger partial charge in [0.05, 0.1) is 12.1 Å². The van der Waals surface area contributed by atoms with E-state index in [9.17, 15) is 9.59 Å². The number of carbonyl (C=O) groups is 2. The number of hydrogen-bond donors (Lipinski definition) is 3. The van der Waals surface area contributed by atoms with Crippen LogP contribution in [0.3, 0.4) is 0 Å². The Bertz CT molecular complexity index is 759. The first-order chi connectivity index (χ1) is 12.6. The van der Waals surface area contributed by atoms with E-state index in [0.29, 0.717) is 12.6 Å². The standard InChI is InChI=1S/C10H10N2.C10H10O2.H4N2/c1-8-2-4-9(5-3-8)10-6-11-12-7-10;1-8-2-4-9(5-3-8)10(6-11)7-12;1-2/h2-7H,1H3,(H,11,12);2-7,10H,1H3;1-2H2. The lowest BCUT2D eigenvalue weighted by Crippen LogP contribution is -2.02. The molecule has 0 bridgehead atoms. The quantitative estimate of drug-likeness (QED) is 0.289. The summed E-state index contributed by atoms with van der Waals surface area (Å²) in [6.45, 7) is 4.04. The number of aromatic nitrogens is 2. The van der Waals surface area contributed by atoms with E-state index in [-0.39, 0.29) is 0 Å². The molecular weight excluding hydrogens is 328 g/mol. The van der Waals surface area contributed by atoms with Crippen molar-refractivity contribution in [2.24, 2.45) is 11.7 Å². The molecule has 0 amide bonds. The van der Waals surface area contributed by atoms with Crippen LogP contribution < -0.4 is 11.7 Å². The van der Waals surface area contributed by atoms with Crippen LogP contribution in [0.2, 0.25) is 0 Å². The first kappa shape index (κ1) is 21.0. The van der Waals surface area contributed by atoms with Crippen molar-refractivity contribution in [3.63, 3.8) is 0 Å². The number of hydrogen-bond acceptors (Lipinski definition) is 5. The fourth-order valence-corrected chi connectivity index (χ4v) is 2.13. The summed E-state index contributed by atoms with van der Waals surface area (Å²) >= 11 is 0. The molecule has 6 nitrogen and oxygen atoms in total. The van der Waals surface area contributed by atoms with E-state index in [4.69, 9.17) is 0 Å². The zero-order chi connectivity index (χ0) is 19.4. The number of nitrogens with one attached hydrogen (secondary N) is 1. The van der Waals surface area contributed by atoms with Crippen molar-refractivity contribution in [1.82, 2.24) is 10.2 Å². The van der Waals surface area contributed by atoms with Crippen LogP contribution in [0.25, 0.3) is 11.1 Å². The molecule has 136 valence electrons. The van der Waals surface area contributed by atoms with Crippen LogP contribution in [0.1, 0.15) is 22.6 Å². The van der Waals surface area contributed by atoms with Gasteiger partial charge in [0.15, 0.2) is 0 Å². The normalized spacial score (nSPS) is 9.42. The largest absolute Gasteiger partial charge is 0.302 e. The number of aromatic amines is 1. The molecular formula is C20H24N4O2. The van der Waals surface area contributed by atoms with Gasteiger partial charge in [-0.3, -0.25) is 16.8 Å². The molecule has 0 unspecified atom stereocenters. The molecule has 0 aliphatic heterocycles. The number of aryl methyl sites for hydroxylation is 2. The Morgan fingerprint density at radius 1 is 0.846 bits per heavy atom.